The van der Waals surface area contributed by atoms with E-state index in [1.165, 1.54) is 16.9 Å². The van der Waals surface area contributed by atoms with Gasteiger partial charge in [-0.15, -0.1) is 0 Å². The van der Waals surface area contributed by atoms with Crippen LogP contribution < -0.4 is 4.90 Å². The van der Waals surface area contributed by atoms with E-state index in [1.54, 1.807) is 0 Å². The van der Waals surface area contributed by atoms with Gasteiger partial charge >= 0.3 is 0 Å². The third kappa shape index (κ3) is 2.78. The normalized spacial score (nSPS) is 23.6. The van der Waals surface area contributed by atoms with Crippen LogP contribution in [0.25, 0.3) is 0 Å². The summed E-state index contributed by atoms with van der Waals surface area (Å²) in [6.07, 6.45) is 6.08. The fourth-order valence-electron chi connectivity index (χ4n) is 4.58. The van der Waals surface area contributed by atoms with Gasteiger partial charge in [-0.25, -0.2) is 0 Å². The molecule has 0 saturated carbocycles. The summed E-state index contributed by atoms with van der Waals surface area (Å²) in [5.74, 6) is 0.186. The Bertz CT molecular complexity index is 835. The molecule has 0 bridgehead atoms. The highest BCUT2D eigenvalue weighted by molar-refractivity contribution is 5.94. The van der Waals surface area contributed by atoms with Crippen molar-refractivity contribution in [1.82, 2.24) is 9.88 Å². The first-order valence-electron chi connectivity index (χ1n) is 9.44. The maximum Gasteiger partial charge on any atom is 0.171 e. The van der Waals surface area contributed by atoms with Crippen LogP contribution in [0.1, 0.15) is 44.0 Å². The van der Waals surface area contributed by atoms with Gasteiger partial charge in [0.2, 0.25) is 0 Å². The highest BCUT2D eigenvalue weighted by Gasteiger charge is 2.38. The van der Waals surface area contributed by atoms with Crippen molar-refractivity contribution in [2.75, 3.05) is 25.0 Å². The number of ketones is 1. The molecule has 0 amide bonds. The molecule has 1 aromatic carbocycles. The molecule has 1 aromatic heterocycles. The Morgan fingerprint density at radius 1 is 1.27 bits per heavy atom. The molecule has 2 aliphatic heterocycles. The number of anilines is 1. The molecule has 4 rings (SSSR count). The summed E-state index contributed by atoms with van der Waals surface area (Å²) in [7, 11) is 2.06. The first kappa shape index (κ1) is 17.1. The predicted octanol–water partition coefficient (Wildman–Crippen LogP) is 4.03. The van der Waals surface area contributed by atoms with E-state index in [0.29, 0.717) is 12.6 Å². The second-order valence-electron chi connectivity index (χ2n) is 7.95. The molecule has 1 saturated heterocycles. The molecular weight excluding hydrogens is 322 g/mol. The third-order valence-electron chi connectivity index (χ3n) is 5.94. The van der Waals surface area contributed by atoms with E-state index in [0.717, 1.165) is 25.1 Å². The molecule has 1 unspecified atom stereocenters. The van der Waals surface area contributed by atoms with Crippen molar-refractivity contribution in [1.29, 1.82) is 0 Å². The molecule has 0 radical (unpaired) electrons. The first-order chi connectivity index (χ1) is 12.5. The van der Waals surface area contributed by atoms with E-state index in [4.69, 9.17) is 0 Å². The van der Waals surface area contributed by atoms with Crippen LogP contribution in [-0.2, 0) is 10.2 Å². The van der Waals surface area contributed by atoms with E-state index in [-0.39, 0.29) is 11.2 Å². The molecule has 3 heterocycles. The molecule has 0 aliphatic carbocycles. The lowest BCUT2D eigenvalue weighted by Gasteiger charge is -2.25. The lowest BCUT2D eigenvalue weighted by Crippen LogP contribution is -2.31. The lowest BCUT2D eigenvalue weighted by molar-refractivity contribution is -0.116. The number of likely N-dealkylation sites (tertiary alicyclic amines) is 1. The molecule has 2 aliphatic rings. The monoisotopic (exact) mass is 349 g/mol. The van der Waals surface area contributed by atoms with Crippen molar-refractivity contribution in [2.24, 2.45) is 0 Å². The molecule has 1 N–H and O–H groups in total. The highest BCUT2D eigenvalue weighted by Crippen LogP contribution is 2.46. The number of carbonyl (C=O) groups is 1. The number of nitrogens with one attached hydrogen (secondary N) is 1. The van der Waals surface area contributed by atoms with Gasteiger partial charge in [0.15, 0.2) is 5.78 Å². The number of hydrogen-bond acceptors (Lipinski definition) is 3. The summed E-state index contributed by atoms with van der Waals surface area (Å²) in [4.78, 5) is 20.7. The lowest BCUT2D eigenvalue weighted by atomic mass is 9.83. The maximum absolute atomic E-state index is 12.9. The van der Waals surface area contributed by atoms with Crippen LogP contribution in [0.2, 0.25) is 0 Å². The summed E-state index contributed by atoms with van der Waals surface area (Å²) in [6, 6.07) is 12.9. The Balaban J connectivity index is 1.54. The van der Waals surface area contributed by atoms with Crippen molar-refractivity contribution in [3.63, 3.8) is 0 Å². The number of para-hydroxylation sites is 1. The fourth-order valence-corrected chi connectivity index (χ4v) is 4.58. The second-order valence-corrected chi connectivity index (χ2v) is 7.95. The van der Waals surface area contributed by atoms with Crippen molar-refractivity contribution in [3.8, 4) is 0 Å². The van der Waals surface area contributed by atoms with Crippen molar-refractivity contribution < 1.29 is 4.79 Å². The molecule has 0 spiro atoms. The molecule has 1 atom stereocenters. The molecule has 4 heteroatoms. The van der Waals surface area contributed by atoms with Crippen molar-refractivity contribution >= 4 is 11.5 Å². The van der Waals surface area contributed by atoms with E-state index in [2.05, 4.69) is 66.0 Å². The minimum atomic E-state index is -0.148. The zero-order valence-corrected chi connectivity index (χ0v) is 15.8. The maximum atomic E-state index is 12.9. The summed E-state index contributed by atoms with van der Waals surface area (Å²) in [6.45, 7) is 5.86. The molecule has 2 aromatic rings. The highest BCUT2D eigenvalue weighted by atomic mass is 16.1. The van der Waals surface area contributed by atoms with Crippen LogP contribution >= 0.6 is 0 Å². The van der Waals surface area contributed by atoms with E-state index < -0.39 is 0 Å². The summed E-state index contributed by atoms with van der Waals surface area (Å²) < 4.78 is 0. The Morgan fingerprint density at radius 2 is 2.08 bits per heavy atom. The summed E-state index contributed by atoms with van der Waals surface area (Å²) >= 11 is 0. The number of likely N-dealkylation sites (N-methyl/N-ethyl adjacent to an activating group) is 1. The van der Waals surface area contributed by atoms with Gasteiger partial charge in [-0.05, 0) is 43.1 Å². The van der Waals surface area contributed by atoms with E-state index >= 15 is 0 Å². The van der Waals surface area contributed by atoms with E-state index in [1.807, 2.05) is 18.3 Å². The number of aromatic amines is 1. The third-order valence-corrected chi connectivity index (χ3v) is 5.94. The SMILES string of the molecule is CN1/C(=C\C(=O)CN2CCCC2c2ccc[nH]2)C(C)(C)c2ccccc21. The van der Waals surface area contributed by atoms with Crippen LogP contribution in [0.5, 0.6) is 0 Å². The second kappa shape index (κ2) is 6.44. The van der Waals surface area contributed by atoms with Gasteiger partial charge in [0, 0.05) is 41.8 Å². The zero-order chi connectivity index (χ0) is 18.3. The number of rotatable bonds is 4. The van der Waals surface area contributed by atoms with Gasteiger partial charge in [-0.2, -0.15) is 0 Å². The molecule has 4 nitrogen and oxygen atoms in total. The minimum Gasteiger partial charge on any atom is -0.364 e. The van der Waals surface area contributed by atoms with Gasteiger partial charge in [0.1, 0.15) is 0 Å². The number of aromatic nitrogens is 1. The van der Waals surface area contributed by atoms with Crippen LogP contribution in [0.3, 0.4) is 0 Å². The van der Waals surface area contributed by atoms with Crippen molar-refractivity contribution in [2.45, 2.75) is 38.1 Å². The Morgan fingerprint density at radius 3 is 2.81 bits per heavy atom. The number of carbonyl (C=O) groups excluding carboxylic acids is 1. The topological polar surface area (TPSA) is 39.3 Å². The van der Waals surface area contributed by atoms with E-state index in [9.17, 15) is 4.79 Å². The zero-order valence-electron chi connectivity index (χ0n) is 15.8. The molecule has 136 valence electrons. The average Bonchev–Trinajstić information content (AvgIpc) is 3.33. The standard InChI is InChI=1S/C22H27N3O/c1-22(2)17-8-4-5-10-19(17)24(3)21(22)14-16(26)15-25-13-7-11-20(25)18-9-6-12-23-18/h4-6,8-10,12,14,20,23H,7,11,13,15H2,1-3H3/b21-14-. The molecule has 26 heavy (non-hydrogen) atoms. The van der Waals surface area contributed by atoms with Crippen LogP contribution in [0.15, 0.2) is 54.4 Å². The smallest absolute Gasteiger partial charge is 0.171 e. The largest absolute Gasteiger partial charge is 0.364 e. The average molecular weight is 349 g/mol. The summed E-state index contributed by atoms with van der Waals surface area (Å²) in [5.41, 5.74) is 4.63. The predicted molar refractivity (Wildman–Crippen MR) is 105 cm³/mol. The van der Waals surface area contributed by atoms with Gasteiger partial charge in [-0.1, -0.05) is 32.0 Å². The number of H-pyrrole nitrogens is 1. The van der Waals surface area contributed by atoms with Gasteiger partial charge < -0.3 is 9.88 Å². The Kier molecular flexibility index (Phi) is 4.23. The molecule has 1 fully saturated rings. The number of fused-ring (bicyclic) bond motifs is 1. The van der Waals surface area contributed by atoms with Crippen LogP contribution in [0, 0.1) is 0 Å². The van der Waals surface area contributed by atoms with Crippen LogP contribution in [-0.4, -0.2) is 35.8 Å². The number of hydrogen-bond donors (Lipinski definition) is 1. The van der Waals surface area contributed by atoms with Gasteiger partial charge in [0.25, 0.3) is 0 Å². The number of allylic oxidation sites excluding steroid dienone is 1. The number of nitrogens with zero attached hydrogens (tertiary/aromatic N) is 2. The van der Waals surface area contributed by atoms with Gasteiger partial charge in [0.05, 0.1) is 12.6 Å². The Labute approximate surface area is 155 Å². The van der Waals surface area contributed by atoms with Crippen LogP contribution in [0.4, 0.5) is 5.69 Å². The summed E-state index contributed by atoms with van der Waals surface area (Å²) in [5, 5.41) is 0. The molecular formula is C22H27N3O. The van der Waals surface area contributed by atoms with Crippen molar-refractivity contribution in [3.05, 3.63) is 65.6 Å². The number of benzene rings is 1. The fraction of sp³-hybridized carbons (Fsp3) is 0.409. The van der Waals surface area contributed by atoms with Gasteiger partial charge in [-0.3, -0.25) is 9.69 Å². The minimum absolute atomic E-state index is 0.148. The quantitative estimate of drug-likeness (QED) is 0.847. The first-order valence-corrected chi connectivity index (χ1v) is 9.44. The Hall–Kier alpha value is -2.33.